The van der Waals surface area contributed by atoms with Gasteiger partial charge in [-0.3, -0.25) is 0 Å². The average Bonchev–Trinajstić information content (AvgIpc) is 3.50. The summed E-state index contributed by atoms with van der Waals surface area (Å²) in [6.45, 7) is 0. The van der Waals surface area contributed by atoms with Crippen LogP contribution in [0.5, 0.6) is 0 Å². The lowest BCUT2D eigenvalue weighted by Gasteiger charge is -2.39. The highest BCUT2D eigenvalue weighted by molar-refractivity contribution is 8.34. The molecule has 49 heavy (non-hydrogen) atoms. The molecule has 0 amide bonds. The molecule has 1 aromatic heterocycles. The number of nitrogens with zero attached hydrogens (tertiary/aromatic N) is 3. The van der Waals surface area contributed by atoms with Crippen molar-refractivity contribution >= 4 is 10.0 Å². The normalized spacial score (nSPS) is 13.3. The first-order valence-corrected chi connectivity index (χ1v) is 18.1. The Balaban J connectivity index is 1.20. The summed E-state index contributed by atoms with van der Waals surface area (Å²) in [5.74, 6) is 1.97. The van der Waals surface area contributed by atoms with E-state index in [1.54, 1.807) is 0 Å². The summed E-state index contributed by atoms with van der Waals surface area (Å²) in [6, 6.07) is 66.9. The third-order valence-corrected chi connectivity index (χ3v) is 13.2. The van der Waals surface area contributed by atoms with Gasteiger partial charge in [0.15, 0.2) is 17.5 Å². The summed E-state index contributed by atoms with van der Waals surface area (Å²) in [6.07, 6.45) is 0. The molecule has 0 unspecified atom stereocenters. The van der Waals surface area contributed by atoms with Gasteiger partial charge in [-0.05, 0) is 53.1 Å². The van der Waals surface area contributed by atoms with Gasteiger partial charge in [0.1, 0.15) is 0 Å². The smallest absolute Gasteiger partial charge is 0.164 e. The Bertz CT molecular complexity index is 2310. The molecule has 0 aliphatic carbocycles. The molecule has 9 rings (SSSR count). The fourth-order valence-electron chi connectivity index (χ4n) is 6.99. The maximum Gasteiger partial charge on any atom is 0.164 e. The Morgan fingerprint density at radius 3 is 1.20 bits per heavy atom. The summed E-state index contributed by atoms with van der Waals surface area (Å²) in [4.78, 5) is 20.2. The maximum absolute atomic E-state index is 4.96. The Hall–Kier alpha value is -6.10. The van der Waals surface area contributed by atoms with Crippen LogP contribution >= 0.6 is 10.0 Å². The van der Waals surface area contributed by atoms with E-state index in [0.29, 0.717) is 17.5 Å². The topological polar surface area (TPSA) is 38.7 Å². The molecule has 0 fully saturated rings. The van der Waals surface area contributed by atoms with Crippen molar-refractivity contribution in [2.45, 2.75) is 19.6 Å². The highest BCUT2D eigenvalue weighted by Gasteiger charge is 2.42. The zero-order valence-corrected chi connectivity index (χ0v) is 27.5. The van der Waals surface area contributed by atoms with E-state index in [-0.39, 0.29) is 0 Å². The van der Waals surface area contributed by atoms with Crippen LogP contribution in [0.15, 0.2) is 208 Å². The number of benzene rings is 7. The highest BCUT2D eigenvalue weighted by Crippen LogP contribution is 2.80. The van der Waals surface area contributed by atoms with E-state index in [4.69, 9.17) is 15.0 Å². The largest absolute Gasteiger partial charge is 0.208 e. The van der Waals surface area contributed by atoms with Crippen LogP contribution in [0.25, 0.3) is 56.4 Å². The molecule has 0 bridgehead atoms. The minimum absolute atomic E-state index is 0.652. The van der Waals surface area contributed by atoms with Crippen LogP contribution in [0, 0.1) is 0 Å². The number of aromatic nitrogens is 3. The van der Waals surface area contributed by atoms with E-state index in [0.717, 1.165) is 22.3 Å². The van der Waals surface area contributed by atoms with Crippen LogP contribution in [0.1, 0.15) is 0 Å². The second-order valence-corrected chi connectivity index (χ2v) is 15.1. The van der Waals surface area contributed by atoms with Gasteiger partial charge in [0.05, 0.1) is 0 Å². The number of fused-ring (bicyclic) bond motifs is 3. The van der Waals surface area contributed by atoms with Gasteiger partial charge < -0.3 is 0 Å². The molecule has 0 spiro atoms. The lowest BCUT2D eigenvalue weighted by atomic mass is 9.94. The van der Waals surface area contributed by atoms with Crippen molar-refractivity contribution < 1.29 is 0 Å². The van der Waals surface area contributed by atoms with Gasteiger partial charge in [-0.1, -0.05) is 152 Å². The molecular weight excluding hydrogens is 615 g/mol. The molecule has 4 heteroatoms. The molecule has 0 radical (unpaired) electrons. The standard InChI is InChI=1S/C45H31N3S/c1-5-16-33(17-6-1)43-46-44(34-18-7-2-8-19-34)48-45(47-43)35-30-28-32(29-31-35)38-25-15-27-41-42(38)39-24-13-14-26-40(39)49(41,36-20-9-3-10-21-36)37-22-11-4-12-23-37/h1-31H. The van der Waals surface area contributed by atoms with Gasteiger partial charge in [-0.25, -0.2) is 15.0 Å². The summed E-state index contributed by atoms with van der Waals surface area (Å²) in [7, 11) is -1.71. The molecule has 8 aromatic rings. The second kappa shape index (κ2) is 12.2. The summed E-state index contributed by atoms with van der Waals surface area (Å²) >= 11 is 0. The number of hydrogen-bond acceptors (Lipinski definition) is 3. The summed E-state index contributed by atoms with van der Waals surface area (Å²) in [5.41, 5.74) is 7.86. The van der Waals surface area contributed by atoms with Crippen LogP contribution in [-0.2, 0) is 0 Å². The first kappa shape index (κ1) is 29.1. The van der Waals surface area contributed by atoms with E-state index in [1.165, 1.54) is 36.3 Å². The first-order chi connectivity index (χ1) is 24.3. The van der Waals surface area contributed by atoms with Crippen LogP contribution < -0.4 is 0 Å². The quantitative estimate of drug-likeness (QED) is 0.181. The van der Waals surface area contributed by atoms with Crippen molar-refractivity contribution in [3.8, 4) is 56.4 Å². The van der Waals surface area contributed by atoms with Crippen molar-refractivity contribution in [3.63, 3.8) is 0 Å². The van der Waals surface area contributed by atoms with Crippen LogP contribution in [0.2, 0.25) is 0 Å². The summed E-state index contributed by atoms with van der Waals surface area (Å²) in [5, 5.41) is 0. The van der Waals surface area contributed by atoms with Crippen molar-refractivity contribution in [2.75, 3.05) is 0 Å². The van der Waals surface area contributed by atoms with E-state index in [1.807, 2.05) is 60.7 Å². The lowest BCUT2D eigenvalue weighted by Crippen LogP contribution is -2.01. The molecule has 3 nitrogen and oxygen atoms in total. The Morgan fingerprint density at radius 2 is 0.673 bits per heavy atom. The van der Waals surface area contributed by atoms with Crippen molar-refractivity contribution in [1.29, 1.82) is 0 Å². The zero-order valence-electron chi connectivity index (χ0n) is 26.6. The van der Waals surface area contributed by atoms with Crippen molar-refractivity contribution in [3.05, 3.63) is 188 Å². The van der Waals surface area contributed by atoms with Crippen LogP contribution in [0.4, 0.5) is 0 Å². The summed E-state index contributed by atoms with van der Waals surface area (Å²) < 4.78 is 0. The molecule has 0 saturated carbocycles. The molecule has 1 aliphatic rings. The van der Waals surface area contributed by atoms with E-state index < -0.39 is 10.0 Å². The minimum Gasteiger partial charge on any atom is -0.208 e. The fraction of sp³-hybridized carbons (Fsp3) is 0. The van der Waals surface area contributed by atoms with Gasteiger partial charge in [0.2, 0.25) is 0 Å². The number of hydrogen-bond donors (Lipinski definition) is 0. The predicted molar refractivity (Wildman–Crippen MR) is 201 cm³/mol. The minimum atomic E-state index is -1.71. The maximum atomic E-state index is 4.96. The van der Waals surface area contributed by atoms with Crippen LogP contribution in [0.3, 0.4) is 0 Å². The molecule has 0 N–H and O–H groups in total. The van der Waals surface area contributed by atoms with Gasteiger partial charge in [-0.15, -0.1) is 10.0 Å². The zero-order chi connectivity index (χ0) is 32.6. The van der Waals surface area contributed by atoms with Gasteiger partial charge in [0, 0.05) is 41.8 Å². The third kappa shape index (κ3) is 4.88. The SMILES string of the molecule is c1ccc(-c2nc(-c3ccccc3)nc(-c3ccc(-c4cccc5c4-c4ccccc4S5(c4ccccc4)c4ccccc4)cc3)n2)cc1. The molecule has 0 atom stereocenters. The van der Waals surface area contributed by atoms with E-state index in [2.05, 4.69) is 127 Å². The Kier molecular flexibility index (Phi) is 7.22. The average molecular weight is 646 g/mol. The van der Waals surface area contributed by atoms with Gasteiger partial charge in [-0.2, -0.15) is 0 Å². The fourth-order valence-corrected chi connectivity index (χ4v) is 11.2. The van der Waals surface area contributed by atoms with Crippen molar-refractivity contribution in [1.82, 2.24) is 15.0 Å². The Morgan fingerprint density at radius 1 is 0.286 bits per heavy atom. The lowest BCUT2D eigenvalue weighted by molar-refractivity contribution is 1.07. The second-order valence-electron chi connectivity index (χ2n) is 12.0. The molecule has 2 heterocycles. The molecule has 0 saturated heterocycles. The van der Waals surface area contributed by atoms with Gasteiger partial charge in [0.25, 0.3) is 0 Å². The van der Waals surface area contributed by atoms with Gasteiger partial charge >= 0.3 is 0 Å². The van der Waals surface area contributed by atoms with Crippen LogP contribution in [-0.4, -0.2) is 15.0 Å². The highest BCUT2D eigenvalue weighted by atomic mass is 32.3. The predicted octanol–water partition coefficient (Wildman–Crippen LogP) is 11.9. The van der Waals surface area contributed by atoms with Crippen molar-refractivity contribution in [2.24, 2.45) is 0 Å². The number of rotatable bonds is 6. The monoisotopic (exact) mass is 645 g/mol. The third-order valence-electron chi connectivity index (χ3n) is 9.19. The van der Waals surface area contributed by atoms with E-state index >= 15 is 0 Å². The first-order valence-electron chi connectivity index (χ1n) is 16.4. The molecular formula is C45H31N3S. The molecule has 7 aromatic carbocycles. The molecule has 1 aliphatic heterocycles. The van der Waals surface area contributed by atoms with E-state index in [9.17, 15) is 0 Å². The Labute approximate surface area is 288 Å². The molecule has 232 valence electrons.